The summed E-state index contributed by atoms with van der Waals surface area (Å²) in [6, 6.07) is 5.99. The highest BCUT2D eigenvalue weighted by Crippen LogP contribution is 2.24. The Hall–Kier alpha value is -0.950. The number of benzene rings is 1. The molecular formula is C9H9BrN2O4S2. The third kappa shape index (κ3) is 3.78. The van der Waals surface area contributed by atoms with Gasteiger partial charge >= 0.3 is 0 Å². The van der Waals surface area contributed by atoms with E-state index in [4.69, 9.17) is 10.4 Å². The lowest BCUT2D eigenvalue weighted by molar-refractivity contribution is 0.588. The maximum atomic E-state index is 11.9. The van der Waals surface area contributed by atoms with E-state index in [0.717, 1.165) is 0 Å². The van der Waals surface area contributed by atoms with Gasteiger partial charge in [0.1, 0.15) is 6.07 Å². The predicted octanol–water partition coefficient (Wildman–Crippen LogP) is 0.383. The Balaban J connectivity index is 3.23. The van der Waals surface area contributed by atoms with E-state index in [1.165, 1.54) is 18.2 Å². The van der Waals surface area contributed by atoms with Gasteiger partial charge in [0.2, 0.25) is 10.0 Å². The van der Waals surface area contributed by atoms with Crippen LogP contribution in [0.25, 0.3) is 0 Å². The van der Waals surface area contributed by atoms with E-state index in [9.17, 15) is 16.8 Å². The third-order valence-electron chi connectivity index (χ3n) is 2.06. The molecule has 0 atom stereocenters. The van der Waals surface area contributed by atoms with E-state index in [1.54, 1.807) is 6.07 Å². The van der Waals surface area contributed by atoms with Crippen molar-refractivity contribution in [2.24, 2.45) is 5.14 Å². The van der Waals surface area contributed by atoms with Crippen LogP contribution in [-0.4, -0.2) is 28.3 Å². The van der Waals surface area contributed by atoms with Gasteiger partial charge in [0, 0.05) is 4.47 Å². The van der Waals surface area contributed by atoms with Crippen LogP contribution in [0.3, 0.4) is 0 Å². The zero-order valence-electron chi connectivity index (χ0n) is 9.00. The molecule has 0 amide bonds. The van der Waals surface area contributed by atoms with Gasteiger partial charge in [-0.2, -0.15) is 5.26 Å². The number of hydrogen-bond acceptors (Lipinski definition) is 5. The van der Waals surface area contributed by atoms with Crippen LogP contribution in [0.2, 0.25) is 0 Å². The number of nitrogens with two attached hydrogens (primary N) is 1. The second kappa shape index (κ2) is 5.36. The Morgan fingerprint density at radius 1 is 1.22 bits per heavy atom. The summed E-state index contributed by atoms with van der Waals surface area (Å²) in [4.78, 5) is -0.206. The van der Waals surface area contributed by atoms with Crippen LogP contribution in [0.5, 0.6) is 0 Å². The monoisotopic (exact) mass is 352 g/mol. The molecule has 1 aromatic rings. The van der Waals surface area contributed by atoms with Gasteiger partial charge in [0.05, 0.1) is 22.0 Å². The minimum absolute atomic E-state index is 0.0491. The molecule has 0 aliphatic heterocycles. The van der Waals surface area contributed by atoms with Crippen LogP contribution in [0.15, 0.2) is 27.6 Å². The Bertz CT molecular complexity index is 705. The molecular weight excluding hydrogens is 344 g/mol. The maximum Gasteiger partial charge on any atom is 0.210 e. The number of nitrogens with zero attached hydrogens (tertiary/aromatic N) is 1. The van der Waals surface area contributed by atoms with Crippen molar-refractivity contribution >= 4 is 35.8 Å². The second-order valence-electron chi connectivity index (χ2n) is 3.41. The quantitative estimate of drug-likeness (QED) is 0.840. The molecule has 2 N–H and O–H groups in total. The molecule has 0 saturated heterocycles. The molecule has 6 nitrogen and oxygen atoms in total. The highest BCUT2D eigenvalue weighted by Gasteiger charge is 2.22. The number of nitriles is 1. The number of halogens is 1. The molecule has 0 fully saturated rings. The van der Waals surface area contributed by atoms with Crippen molar-refractivity contribution in [1.82, 2.24) is 0 Å². The summed E-state index contributed by atoms with van der Waals surface area (Å²) >= 11 is 3.06. The molecule has 0 aliphatic rings. The van der Waals surface area contributed by atoms with Crippen LogP contribution in [0.1, 0.15) is 5.56 Å². The van der Waals surface area contributed by atoms with Crippen molar-refractivity contribution in [2.45, 2.75) is 4.90 Å². The summed E-state index contributed by atoms with van der Waals surface area (Å²) in [5, 5.41) is 13.7. The Morgan fingerprint density at radius 3 is 2.33 bits per heavy atom. The first-order valence-corrected chi connectivity index (χ1v) is 8.75. The highest BCUT2D eigenvalue weighted by molar-refractivity contribution is 9.10. The fraction of sp³-hybridized carbons (Fsp3) is 0.222. The first-order chi connectivity index (χ1) is 8.17. The number of sulfone groups is 1. The molecule has 98 valence electrons. The summed E-state index contributed by atoms with van der Waals surface area (Å²) in [7, 11) is -7.74. The van der Waals surface area contributed by atoms with Crippen molar-refractivity contribution < 1.29 is 16.8 Å². The van der Waals surface area contributed by atoms with Gasteiger partial charge in [0.25, 0.3) is 0 Å². The van der Waals surface area contributed by atoms with Gasteiger partial charge in [-0.3, -0.25) is 0 Å². The van der Waals surface area contributed by atoms with Crippen LogP contribution in [0, 0.1) is 11.3 Å². The lowest BCUT2D eigenvalue weighted by Crippen LogP contribution is -2.23. The number of rotatable bonds is 4. The van der Waals surface area contributed by atoms with Gasteiger partial charge in [-0.15, -0.1) is 0 Å². The Morgan fingerprint density at radius 2 is 1.83 bits per heavy atom. The number of hydrogen-bond donors (Lipinski definition) is 1. The summed E-state index contributed by atoms with van der Waals surface area (Å²) in [6.07, 6.45) is 0. The lowest BCUT2D eigenvalue weighted by atomic mass is 10.2. The maximum absolute atomic E-state index is 11.9. The van der Waals surface area contributed by atoms with Gasteiger partial charge in [-0.25, -0.2) is 22.0 Å². The first kappa shape index (κ1) is 15.1. The number of sulfonamides is 1. The van der Waals surface area contributed by atoms with E-state index < -0.39 is 31.4 Å². The summed E-state index contributed by atoms with van der Waals surface area (Å²) in [6.45, 7) is 0. The van der Waals surface area contributed by atoms with E-state index in [2.05, 4.69) is 15.9 Å². The van der Waals surface area contributed by atoms with E-state index >= 15 is 0 Å². The van der Waals surface area contributed by atoms with Crippen LogP contribution in [0.4, 0.5) is 0 Å². The molecule has 1 aromatic carbocycles. The smallest absolute Gasteiger partial charge is 0.210 e. The summed E-state index contributed by atoms with van der Waals surface area (Å²) < 4.78 is 45.7. The first-order valence-electron chi connectivity index (χ1n) is 4.59. The zero-order valence-corrected chi connectivity index (χ0v) is 12.2. The molecule has 0 saturated carbocycles. The minimum Gasteiger partial charge on any atom is -0.229 e. The molecule has 18 heavy (non-hydrogen) atoms. The van der Waals surface area contributed by atoms with Gasteiger partial charge < -0.3 is 0 Å². The zero-order chi connectivity index (χ0) is 14.0. The van der Waals surface area contributed by atoms with Crippen molar-refractivity contribution in [2.75, 3.05) is 11.5 Å². The molecule has 9 heteroatoms. The molecule has 0 heterocycles. The second-order valence-corrected chi connectivity index (χ2v) is 8.08. The standard InChI is InChI=1S/C9H9BrN2O4S2/c10-8-2-1-3-9(7(8)6-11)17(13,14)4-5-18(12,15)16/h1-3H,4-5H2,(H2,12,15,16). The SMILES string of the molecule is N#Cc1c(Br)cccc1S(=O)(=O)CCS(N)(=O)=O. The highest BCUT2D eigenvalue weighted by atomic mass is 79.9. The largest absolute Gasteiger partial charge is 0.229 e. The van der Waals surface area contributed by atoms with Gasteiger partial charge in [0.15, 0.2) is 9.84 Å². The molecule has 0 unspecified atom stereocenters. The molecule has 0 radical (unpaired) electrons. The normalized spacial score (nSPS) is 12.1. The van der Waals surface area contributed by atoms with Crippen molar-refractivity contribution in [3.8, 4) is 6.07 Å². The number of primary sulfonamides is 1. The molecule has 0 bridgehead atoms. The Kier molecular flexibility index (Phi) is 4.50. The average Bonchev–Trinajstić information content (AvgIpc) is 2.25. The molecule has 0 spiro atoms. The van der Waals surface area contributed by atoms with Crippen molar-refractivity contribution in [1.29, 1.82) is 5.26 Å². The van der Waals surface area contributed by atoms with Gasteiger partial charge in [-0.1, -0.05) is 6.07 Å². The summed E-state index contributed by atoms with van der Waals surface area (Å²) in [5.74, 6) is -1.34. The molecule has 0 aliphatic carbocycles. The van der Waals surface area contributed by atoms with Gasteiger partial charge in [-0.05, 0) is 28.1 Å². The van der Waals surface area contributed by atoms with Crippen LogP contribution >= 0.6 is 15.9 Å². The minimum atomic E-state index is -3.87. The third-order valence-corrected chi connectivity index (χ3v) is 5.50. The van der Waals surface area contributed by atoms with Crippen LogP contribution in [-0.2, 0) is 19.9 Å². The lowest BCUT2D eigenvalue weighted by Gasteiger charge is -2.06. The predicted molar refractivity (Wildman–Crippen MR) is 68.9 cm³/mol. The molecule has 0 aromatic heterocycles. The average molecular weight is 353 g/mol. The fourth-order valence-corrected chi connectivity index (χ4v) is 4.57. The molecule has 1 rings (SSSR count). The van der Waals surface area contributed by atoms with Crippen molar-refractivity contribution in [3.05, 3.63) is 28.2 Å². The topological polar surface area (TPSA) is 118 Å². The summed E-state index contributed by atoms with van der Waals surface area (Å²) in [5.41, 5.74) is -0.0491. The van der Waals surface area contributed by atoms with Crippen molar-refractivity contribution in [3.63, 3.8) is 0 Å². The Labute approximate surface area is 114 Å². The van der Waals surface area contributed by atoms with Crippen LogP contribution < -0.4 is 5.14 Å². The fourth-order valence-electron chi connectivity index (χ4n) is 1.21. The van der Waals surface area contributed by atoms with E-state index in [0.29, 0.717) is 4.47 Å². The van der Waals surface area contributed by atoms with E-state index in [-0.39, 0.29) is 10.5 Å². The van der Waals surface area contributed by atoms with E-state index in [1.807, 2.05) is 0 Å².